The Bertz CT molecular complexity index is 170. The molecule has 1 aliphatic carbocycles. The summed E-state index contributed by atoms with van der Waals surface area (Å²) in [5.74, 6) is -0.717. The molecule has 0 bridgehead atoms. The number of nitrogens with zero attached hydrogens (tertiary/aromatic N) is 1. The average molecular weight is 171 g/mol. The molecule has 0 aromatic carbocycles. The van der Waals surface area contributed by atoms with Gasteiger partial charge in [0.15, 0.2) is 0 Å². The number of hydrogen-bond donors (Lipinski definition) is 1. The van der Waals surface area contributed by atoms with Crippen LogP contribution in [0.5, 0.6) is 0 Å². The summed E-state index contributed by atoms with van der Waals surface area (Å²) in [6.07, 6.45) is 2.73. The van der Waals surface area contributed by atoms with Gasteiger partial charge in [0.25, 0.3) is 0 Å². The van der Waals surface area contributed by atoms with Crippen LogP contribution in [0.1, 0.15) is 26.2 Å². The third-order valence-corrected chi connectivity index (χ3v) is 2.88. The quantitative estimate of drug-likeness (QED) is 0.693. The van der Waals surface area contributed by atoms with Gasteiger partial charge >= 0.3 is 5.97 Å². The van der Waals surface area contributed by atoms with Crippen LogP contribution in [0, 0.1) is 5.92 Å². The average Bonchev–Trinajstić information content (AvgIpc) is 2.51. The second kappa shape index (κ2) is 3.90. The van der Waals surface area contributed by atoms with E-state index in [4.69, 9.17) is 5.11 Å². The molecule has 0 aromatic heterocycles. The zero-order chi connectivity index (χ0) is 9.14. The van der Waals surface area contributed by atoms with E-state index in [1.54, 1.807) is 0 Å². The monoisotopic (exact) mass is 171 g/mol. The Morgan fingerprint density at radius 1 is 1.58 bits per heavy atom. The van der Waals surface area contributed by atoms with Crippen LogP contribution in [-0.4, -0.2) is 35.6 Å². The van der Waals surface area contributed by atoms with Crippen LogP contribution in [0.3, 0.4) is 0 Å². The normalized spacial score (nSPS) is 29.6. The standard InChI is InChI=1S/C9H17NO2/c1-3-10(2)8-5-4-7(6-8)9(11)12/h7-8H,3-6H2,1-2H3,(H,11,12). The lowest BCUT2D eigenvalue weighted by molar-refractivity contribution is -0.141. The highest BCUT2D eigenvalue weighted by Gasteiger charge is 2.31. The number of carboxylic acid groups (broad SMARTS) is 1. The van der Waals surface area contributed by atoms with Crippen molar-refractivity contribution in [3.05, 3.63) is 0 Å². The van der Waals surface area contributed by atoms with Gasteiger partial charge < -0.3 is 10.0 Å². The van der Waals surface area contributed by atoms with Crippen molar-refractivity contribution in [2.24, 2.45) is 5.92 Å². The van der Waals surface area contributed by atoms with Crippen molar-refractivity contribution >= 4 is 5.97 Å². The van der Waals surface area contributed by atoms with Gasteiger partial charge in [-0.2, -0.15) is 0 Å². The number of hydrogen-bond acceptors (Lipinski definition) is 2. The van der Waals surface area contributed by atoms with Crippen molar-refractivity contribution in [1.29, 1.82) is 0 Å². The smallest absolute Gasteiger partial charge is 0.306 e. The van der Waals surface area contributed by atoms with Crippen LogP contribution in [-0.2, 0) is 4.79 Å². The maximum absolute atomic E-state index is 10.6. The largest absolute Gasteiger partial charge is 0.481 e. The van der Waals surface area contributed by atoms with E-state index in [2.05, 4.69) is 18.9 Å². The molecule has 2 atom stereocenters. The summed E-state index contributed by atoms with van der Waals surface area (Å²) in [5.41, 5.74) is 0. The molecular formula is C9H17NO2. The van der Waals surface area contributed by atoms with Gasteiger partial charge in [0.2, 0.25) is 0 Å². The predicted molar refractivity (Wildman–Crippen MR) is 47.1 cm³/mol. The molecule has 0 spiro atoms. The van der Waals surface area contributed by atoms with E-state index in [-0.39, 0.29) is 5.92 Å². The maximum atomic E-state index is 10.6. The highest BCUT2D eigenvalue weighted by molar-refractivity contribution is 5.70. The van der Waals surface area contributed by atoms with Crippen LogP contribution in [0.15, 0.2) is 0 Å². The third kappa shape index (κ3) is 1.97. The molecule has 1 N–H and O–H groups in total. The van der Waals surface area contributed by atoms with E-state index < -0.39 is 5.97 Å². The molecule has 3 nitrogen and oxygen atoms in total. The van der Waals surface area contributed by atoms with Crippen LogP contribution in [0.2, 0.25) is 0 Å². The van der Waals surface area contributed by atoms with Crippen LogP contribution >= 0.6 is 0 Å². The van der Waals surface area contributed by atoms with Gasteiger partial charge in [0.1, 0.15) is 0 Å². The van der Waals surface area contributed by atoms with Crippen molar-refractivity contribution < 1.29 is 9.90 Å². The van der Waals surface area contributed by atoms with Gasteiger partial charge in [0.05, 0.1) is 5.92 Å². The van der Waals surface area contributed by atoms with E-state index in [9.17, 15) is 4.79 Å². The number of rotatable bonds is 3. The number of carbonyl (C=O) groups is 1. The minimum absolute atomic E-state index is 0.0935. The van der Waals surface area contributed by atoms with Crippen LogP contribution in [0.25, 0.3) is 0 Å². The van der Waals surface area contributed by atoms with Crippen molar-refractivity contribution in [2.75, 3.05) is 13.6 Å². The molecule has 1 saturated carbocycles. The van der Waals surface area contributed by atoms with E-state index >= 15 is 0 Å². The Labute approximate surface area is 73.4 Å². The van der Waals surface area contributed by atoms with Gasteiger partial charge in [-0.1, -0.05) is 6.92 Å². The molecule has 3 heteroatoms. The van der Waals surface area contributed by atoms with Gasteiger partial charge in [-0.3, -0.25) is 4.79 Å². The predicted octanol–water partition coefficient (Wildman–Crippen LogP) is 1.19. The summed E-state index contributed by atoms with van der Waals surface area (Å²) in [6, 6.07) is 0.496. The minimum Gasteiger partial charge on any atom is -0.481 e. The zero-order valence-corrected chi connectivity index (χ0v) is 7.79. The van der Waals surface area contributed by atoms with Crippen molar-refractivity contribution in [3.8, 4) is 0 Å². The van der Waals surface area contributed by atoms with Gasteiger partial charge in [-0.05, 0) is 32.9 Å². The Morgan fingerprint density at radius 2 is 2.25 bits per heavy atom. The Morgan fingerprint density at radius 3 is 2.67 bits per heavy atom. The molecule has 0 aliphatic heterocycles. The fourth-order valence-electron chi connectivity index (χ4n) is 1.84. The van der Waals surface area contributed by atoms with E-state index in [1.807, 2.05) is 0 Å². The maximum Gasteiger partial charge on any atom is 0.306 e. The lowest BCUT2D eigenvalue weighted by atomic mass is 10.1. The fourth-order valence-corrected chi connectivity index (χ4v) is 1.84. The molecule has 70 valence electrons. The first kappa shape index (κ1) is 9.52. The molecular weight excluding hydrogens is 154 g/mol. The molecule has 1 fully saturated rings. The van der Waals surface area contributed by atoms with Gasteiger partial charge in [-0.25, -0.2) is 0 Å². The highest BCUT2D eigenvalue weighted by Crippen LogP contribution is 2.28. The molecule has 0 saturated heterocycles. The molecule has 1 rings (SSSR count). The summed E-state index contributed by atoms with van der Waals surface area (Å²) in [6.45, 7) is 3.12. The number of aliphatic carboxylic acids is 1. The first-order valence-electron chi connectivity index (χ1n) is 4.58. The molecule has 0 amide bonds. The van der Waals surface area contributed by atoms with Crippen molar-refractivity contribution in [2.45, 2.75) is 32.2 Å². The van der Waals surface area contributed by atoms with E-state index in [1.165, 1.54) is 0 Å². The minimum atomic E-state index is -0.623. The Balaban J connectivity index is 2.40. The third-order valence-electron chi connectivity index (χ3n) is 2.88. The summed E-state index contributed by atoms with van der Waals surface area (Å²) in [4.78, 5) is 12.9. The fraction of sp³-hybridized carbons (Fsp3) is 0.889. The van der Waals surface area contributed by atoms with E-state index in [0.717, 1.165) is 25.8 Å². The van der Waals surface area contributed by atoms with Gasteiger partial charge in [-0.15, -0.1) is 0 Å². The zero-order valence-electron chi connectivity index (χ0n) is 7.79. The second-order valence-electron chi connectivity index (χ2n) is 3.58. The van der Waals surface area contributed by atoms with Gasteiger partial charge in [0, 0.05) is 6.04 Å². The molecule has 0 heterocycles. The molecule has 0 radical (unpaired) electrons. The number of carboxylic acids is 1. The first-order valence-corrected chi connectivity index (χ1v) is 4.58. The summed E-state index contributed by atoms with van der Waals surface area (Å²) in [5, 5.41) is 8.77. The lowest BCUT2D eigenvalue weighted by Crippen LogP contribution is -2.29. The second-order valence-corrected chi connectivity index (χ2v) is 3.58. The lowest BCUT2D eigenvalue weighted by Gasteiger charge is -2.21. The van der Waals surface area contributed by atoms with E-state index in [0.29, 0.717) is 6.04 Å². The SMILES string of the molecule is CCN(C)C1CCC(C(=O)O)C1. The summed E-state index contributed by atoms with van der Waals surface area (Å²) >= 11 is 0. The molecule has 2 unspecified atom stereocenters. The highest BCUT2D eigenvalue weighted by atomic mass is 16.4. The summed E-state index contributed by atoms with van der Waals surface area (Å²) < 4.78 is 0. The molecule has 12 heavy (non-hydrogen) atoms. The van der Waals surface area contributed by atoms with Crippen molar-refractivity contribution in [1.82, 2.24) is 4.90 Å². The molecule has 1 aliphatic rings. The Hall–Kier alpha value is -0.570. The van der Waals surface area contributed by atoms with Crippen LogP contribution < -0.4 is 0 Å². The topological polar surface area (TPSA) is 40.5 Å². The first-order chi connectivity index (χ1) is 5.65. The van der Waals surface area contributed by atoms with Crippen LogP contribution in [0.4, 0.5) is 0 Å². The summed E-state index contributed by atoms with van der Waals surface area (Å²) in [7, 11) is 2.06. The van der Waals surface area contributed by atoms with Crippen molar-refractivity contribution in [3.63, 3.8) is 0 Å². The Kier molecular flexibility index (Phi) is 3.09. The molecule has 0 aromatic rings.